The van der Waals surface area contributed by atoms with Crippen LogP contribution in [0.4, 0.5) is 5.69 Å². The summed E-state index contributed by atoms with van der Waals surface area (Å²) in [5.74, 6) is 1.36. The summed E-state index contributed by atoms with van der Waals surface area (Å²) < 4.78 is 10.3. The van der Waals surface area contributed by atoms with Crippen LogP contribution >= 0.6 is 11.6 Å². The van der Waals surface area contributed by atoms with Gasteiger partial charge in [0.05, 0.1) is 17.8 Å². The van der Waals surface area contributed by atoms with Gasteiger partial charge in [0.15, 0.2) is 6.61 Å². The van der Waals surface area contributed by atoms with E-state index in [-0.39, 0.29) is 34.9 Å². The molecule has 0 unspecified atom stereocenters. The van der Waals surface area contributed by atoms with Crippen molar-refractivity contribution in [2.75, 3.05) is 19.5 Å². The van der Waals surface area contributed by atoms with E-state index in [4.69, 9.17) is 26.8 Å². The average molecular weight is 381 g/mol. The number of methoxy groups -OCH3 is 1. The van der Waals surface area contributed by atoms with Gasteiger partial charge >= 0.3 is 5.97 Å². The zero-order valence-corrected chi connectivity index (χ0v) is 15.8. The van der Waals surface area contributed by atoms with Gasteiger partial charge in [-0.3, -0.25) is 4.79 Å². The summed E-state index contributed by atoms with van der Waals surface area (Å²) in [6.45, 7) is 1.70. The van der Waals surface area contributed by atoms with E-state index in [9.17, 15) is 9.59 Å². The van der Waals surface area contributed by atoms with Crippen molar-refractivity contribution >= 4 is 29.2 Å². The number of amides is 1. The second kappa shape index (κ2) is 7.74. The number of nitrogens with two attached hydrogens (primary N) is 1. The number of ether oxygens (including phenoxy) is 2. The standard InChI is InChI=1S/C19H25ClN2O4/c1-10(13-6-11-3-4-12(13)5-11)22-18(23)9-26-19(24)14-7-15(20)16(21)8-17(14)25-2/h7-8,10-13H,3-6,9,21H2,1-2H3,(H,22,23)/t10-,11+,12-,13+/m0/s1. The summed E-state index contributed by atoms with van der Waals surface area (Å²) in [6, 6.07) is 2.93. The van der Waals surface area contributed by atoms with Crippen molar-refractivity contribution in [3.8, 4) is 5.75 Å². The van der Waals surface area contributed by atoms with E-state index in [1.807, 2.05) is 6.92 Å². The Hall–Kier alpha value is -1.95. The van der Waals surface area contributed by atoms with E-state index in [1.54, 1.807) is 0 Å². The molecule has 2 aliphatic carbocycles. The van der Waals surface area contributed by atoms with Gasteiger partial charge in [-0.15, -0.1) is 0 Å². The van der Waals surface area contributed by atoms with Gasteiger partial charge in [-0.25, -0.2) is 4.79 Å². The lowest BCUT2D eigenvalue weighted by Crippen LogP contribution is -2.42. The summed E-state index contributed by atoms with van der Waals surface area (Å²) in [5, 5.41) is 3.20. The molecule has 1 aromatic carbocycles. The van der Waals surface area contributed by atoms with Crippen molar-refractivity contribution in [2.45, 2.75) is 38.6 Å². The minimum Gasteiger partial charge on any atom is -0.496 e. The van der Waals surface area contributed by atoms with Crippen LogP contribution in [0.1, 0.15) is 43.0 Å². The van der Waals surface area contributed by atoms with Crippen molar-refractivity contribution < 1.29 is 19.1 Å². The first-order valence-corrected chi connectivity index (χ1v) is 9.36. The summed E-state index contributed by atoms with van der Waals surface area (Å²) in [7, 11) is 1.42. The van der Waals surface area contributed by atoms with Crippen LogP contribution in [0.25, 0.3) is 0 Å². The number of fused-ring (bicyclic) bond motifs is 2. The number of anilines is 1. The number of hydrogen-bond acceptors (Lipinski definition) is 5. The zero-order valence-electron chi connectivity index (χ0n) is 15.1. The lowest BCUT2D eigenvalue weighted by Gasteiger charge is -2.28. The van der Waals surface area contributed by atoms with Crippen LogP contribution in [0.3, 0.4) is 0 Å². The number of hydrogen-bond donors (Lipinski definition) is 2. The van der Waals surface area contributed by atoms with E-state index in [1.165, 1.54) is 44.9 Å². The first-order valence-electron chi connectivity index (χ1n) is 8.98. The van der Waals surface area contributed by atoms with Crippen LogP contribution in [-0.2, 0) is 9.53 Å². The molecule has 0 radical (unpaired) electrons. The summed E-state index contributed by atoms with van der Waals surface area (Å²) in [5.41, 5.74) is 6.14. The smallest absolute Gasteiger partial charge is 0.342 e. The van der Waals surface area contributed by atoms with Crippen molar-refractivity contribution in [2.24, 2.45) is 17.8 Å². The molecule has 0 aliphatic heterocycles. The molecular weight excluding hydrogens is 356 g/mol. The maximum atomic E-state index is 12.3. The lowest BCUT2D eigenvalue weighted by atomic mass is 9.84. The molecule has 4 atom stereocenters. The Bertz CT molecular complexity index is 709. The quantitative estimate of drug-likeness (QED) is 0.584. The summed E-state index contributed by atoms with van der Waals surface area (Å²) in [6.07, 6.45) is 5.07. The number of nitrogen functional groups attached to an aromatic ring is 1. The monoisotopic (exact) mass is 380 g/mol. The highest BCUT2D eigenvalue weighted by atomic mass is 35.5. The molecule has 2 saturated carbocycles. The molecule has 1 amide bonds. The van der Waals surface area contributed by atoms with Gasteiger partial charge in [0, 0.05) is 12.1 Å². The highest BCUT2D eigenvalue weighted by molar-refractivity contribution is 6.33. The SMILES string of the molecule is COc1cc(N)c(Cl)cc1C(=O)OCC(=O)N[C@@H](C)[C@H]1C[C@@H]2CC[C@H]1C2. The molecule has 0 spiro atoms. The molecule has 7 heteroatoms. The van der Waals surface area contributed by atoms with Crippen molar-refractivity contribution in [3.63, 3.8) is 0 Å². The topological polar surface area (TPSA) is 90.7 Å². The van der Waals surface area contributed by atoms with Gasteiger partial charge in [0.25, 0.3) is 5.91 Å². The molecule has 3 rings (SSSR count). The Kier molecular flexibility index (Phi) is 5.61. The first-order chi connectivity index (χ1) is 12.4. The minimum absolute atomic E-state index is 0.0945. The Balaban J connectivity index is 1.53. The lowest BCUT2D eigenvalue weighted by molar-refractivity contribution is -0.125. The number of halogens is 1. The van der Waals surface area contributed by atoms with Crippen LogP contribution in [-0.4, -0.2) is 31.6 Å². The van der Waals surface area contributed by atoms with Gasteiger partial charge in [0.2, 0.25) is 0 Å². The number of nitrogens with one attached hydrogen (secondary N) is 1. The Morgan fingerprint density at radius 2 is 2.12 bits per heavy atom. The molecule has 2 bridgehead atoms. The molecule has 26 heavy (non-hydrogen) atoms. The first kappa shape index (κ1) is 18.8. The van der Waals surface area contributed by atoms with Crippen molar-refractivity contribution in [1.29, 1.82) is 0 Å². The van der Waals surface area contributed by atoms with E-state index >= 15 is 0 Å². The van der Waals surface area contributed by atoms with Crippen molar-refractivity contribution in [1.82, 2.24) is 5.32 Å². The predicted octanol–water partition coefficient (Wildman–Crippen LogP) is 3.03. The second-order valence-electron chi connectivity index (χ2n) is 7.35. The third-order valence-electron chi connectivity index (χ3n) is 5.70. The van der Waals surface area contributed by atoms with E-state index in [2.05, 4.69) is 5.32 Å². The van der Waals surface area contributed by atoms with Crippen LogP contribution in [0.2, 0.25) is 5.02 Å². The number of carbonyl (C=O) groups is 2. The largest absolute Gasteiger partial charge is 0.496 e. The molecule has 1 aromatic rings. The number of benzene rings is 1. The fraction of sp³-hybridized carbons (Fsp3) is 0.579. The van der Waals surface area contributed by atoms with Crippen LogP contribution in [0.15, 0.2) is 12.1 Å². The molecular formula is C19H25ClN2O4. The van der Waals surface area contributed by atoms with E-state index in [0.29, 0.717) is 11.6 Å². The van der Waals surface area contributed by atoms with Crippen LogP contribution in [0.5, 0.6) is 5.75 Å². The highest BCUT2D eigenvalue weighted by Crippen LogP contribution is 2.49. The zero-order chi connectivity index (χ0) is 18.8. The third kappa shape index (κ3) is 3.90. The van der Waals surface area contributed by atoms with Crippen LogP contribution in [0, 0.1) is 17.8 Å². The normalized spacial score (nSPS) is 25.0. The molecule has 0 heterocycles. The van der Waals surface area contributed by atoms with Gasteiger partial charge in [-0.1, -0.05) is 18.0 Å². The summed E-state index contributed by atoms with van der Waals surface area (Å²) in [4.78, 5) is 24.4. The van der Waals surface area contributed by atoms with Gasteiger partial charge in [-0.05, 0) is 50.0 Å². The molecule has 6 nitrogen and oxygen atoms in total. The number of rotatable bonds is 6. The number of carbonyl (C=O) groups excluding carboxylic acids is 2. The maximum absolute atomic E-state index is 12.3. The Labute approximate surface area is 158 Å². The average Bonchev–Trinajstić information content (AvgIpc) is 3.25. The Morgan fingerprint density at radius 1 is 1.35 bits per heavy atom. The molecule has 3 N–H and O–H groups in total. The fourth-order valence-electron chi connectivity index (χ4n) is 4.42. The highest BCUT2D eigenvalue weighted by Gasteiger charge is 2.42. The summed E-state index contributed by atoms with van der Waals surface area (Å²) >= 11 is 5.95. The number of esters is 1. The molecule has 2 aliphatic rings. The van der Waals surface area contributed by atoms with Gasteiger partial charge in [-0.2, -0.15) is 0 Å². The van der Waals surface area contributed by atoms with Crippen molar-refractivity contribution in [3.05, 3.63) is 22.7 Å². The van der Waals surface area contributed by atoms with Crippen LogP contribution < -0.4 is 15.8 Å². The maximum Gasteiger partial charge on any atom is 0.342 e. The third-order valence-corrected chi connectivity index (χ3v) is 6.02. The Morgan fingerprint density at radius 3 is 2.73 bits per heavy atom. The molecule has 0 saturated heterocycles. The molecule has 0 aromatic heterocycles. The van der Waals surface area contributed by atoms with Gasteiger partial charge in [0.1, 0.15) is 11.3 Å². The molecule has 2 fully saturated rings. The van der Waals surface area contributed by atoms with E-state index in [0.717, 1.165) is 11.8 Å². The fourth-order valence-corrected chi connectivity index (χ4v) is 4.58. The predicted molar refractivity (Wildman–Crippen MR) is 99.2 cm³/mol. The molecule has 142 valence electrons. The minimum atomic E-state index is -0.675. The van der Waals surface area contributed by atoms with E-state index < -0.39 is 5.97 Å². The second-order valence-corrected chi connectivity index (χ2v) is 7.75. The van der Waals surface area contributed by atoms with Gasteiger partial charge < -0.3 is 20.5 Å².